The third-order valence-electron chi connectivity index (χ3n) is 4.68. The minimum absolute atomic E-state index is 0.142. The van der Waals surface area contributed by atoms with Gasteiger partial charge in [-0.1, -0.05) is 49.9 Å². The molecule has 0 heterocycles. The van der Waals surface area contributed by atoms with Crippen molar-refractivity contribution in [3.05, 3.63) is 35.4 Å². The second kappa shape index (κ2) is 6.41. The molecule has 2 aliphatic rings. The van der Waals surface area contributed by atoms with Gasteiger partial charge in [-0.3, -0.25) is 5.32 Å². The highest BCUT2D eigenvalue weighted by Crippen LogP contribution is 2.40. The lowest BCUT2D eigenvalue weighted by Gasteiger charge is -2.21. The first kappa shape index (κ1) is 13.6. The summed E-state index contributed by atoms with van der Waals surface area (Å²) in [4.78, 5) is 0. The molecule has 20 heavy (non-hydrogen) atoms. The monoisotopic (exact) mass is 268 g/mol. The number of nitrogens with one attached hydrogen (secondary N) is 1. The lowest BCUT2D eigenvalue weighted by atomic mass is 10.0. The Balaban J connectivity index is 1.69. The minimum atomic E-state index is -0.142. The van der Waals surface area contributed by atoms with Crippen molar-refractivity contribution >= 4 is 0 Å². The molecule has 106 valence electrons. The number of benzene rings is 1. The maximum Gasteiger partial charge on any atom is 0.121 e. The Kier molecular flexibility index (Phi) is 4.38. The molecule has 2 fully saturated rings. The molecule has 2 aliphatic carbocycles. The van der Waals surface area contributed by atoms with Gasteiger partial charge in [-0.15, -0.1) is 0 Å². The van der Waals surface area contributed by atoms with Gasteiger partial charge in [0.1, 0.15) is 6.04 Å². The average molecular weight is 268 g/mol. The Bertz CT molecular complexity index is 476. The van der Waals surface area contributed by atoms with Gasteiger partial charge >= 0.3 is 0 Å². The van der Waals surface area contributed by atoms with Crippen LogP contribution in [0.2, 0.25) is 0 Å². The summed E-state index contributed by atoms with van der Waals surface area (Å²) in [6, 6.07) is 11.5. The van der Waals surface area contributed by atoms with E-state index in [1.807, 2.05) is 0 Å². The number of hydrogen-bond acceptors (Lipinski definition) is 2. The van der Waals surface area contributed by atoms with Crippen LogP contribution in [0.1, 0.15) is 74.5 Å². The van der Waals surface area contributed by atoms with Crippen LogP contribution in [0.3, 0.4) is 0 Å². The first-order chi connectivity index (χ1) is 9.86. The summed E-state index contributed by atoms with van der Waals surface area (Å²) in [7, 11) is 0. The van der Waals surface area contributed by atoms with Crippen molar-refractivity contribution in [2.24, 2.45) is 0 Å². The largest absolute Gasteiger partial charge is 0.295 e. The zero-order valence-corrected chi connectivity index (χ0v) is 12.1. The van der Waals surface area contributed by atoms with Crippen molar-refractivity contribution in [3.63, 3.8) is 0 Å². The third kappa shape index (κ3) is 3.41. The Morgan fingerprint density at radius 2 is 1.80 bits per heavy atom. The smallest absolute Gasteiger partial charge is 0.121 e. The van der Waals surface area contributed by atoms with Crippen LogP contribution in [-0.2, 0) is 0 Å². The molecule has 0 saturated heterocycles. The Morgan fingerprint density at radius 1 is 1.05 bits per heavy atom. The minimum Gasteiger partial charge on any atom is -0.295 e. The van der Waals surface area contributed by atoms with Gasteiger partial charge in [-0.2, -0.15) is 5.26 Å². The Hall–Kier alpha value is -1.33. The van der Waals surface area contributed by atoms with Crippen LogP contribution < -0.4 is 5.32 Å². The van der Waals surface area contributed by atoms with Crippen LogP contribution >= 0.6 is 0 Å². The molecule has 1 atom stereocenters. The van der Waals surface area contributed by atoms with Gasteiger partial charge in [0, 0.05) is 6.04 Å². The van der Waals surface area contributed by atoms with E-state index in [0.29, 0.717) is 6.04 Å². The van der Waals surface area contributed by atoms with Crippen molar-refractivity contribution in [3.8, 4) is 6.07 Å². The lowest BCUT2D eigenvalue weighted by molar-refractivity contribution is 0.436. The molecule has 0 bridgehead atoms. The van der Waals surface area contributed by atoms with E-state index in [-0.39, 0.29) is 6.04 Å². The number of nitriles is 1. The van der Waals surface area contributed by atoms with Gasteiger partial charge in [-0.05, 0) is 42.7 Å². The molecular formula is C18H24N2. The van der Waals surface area contributed by atoms with Crippen molar-refractivity contribution in [1.82, 2.24) is 5.32 Å². The van der Waals surface area contributed by atoms with Gasteiger partial charge in [0.05, 0.1) is 6.07 Å². The van der Waals surface area contributed by atoms with Crippen molar-refractivity contribution in [1.29, 1.82) is 5.26 Å². The molecule has 2 nitrogen and oxygen atoms in total. The summed E-state index contributed by atoms with van der Waals surface area (Å²) in [5.41, 5.74) is 2.58. The van der Waals surface area contributed by atoms with E-state index in [0.717, 1.165) is 11.5 Å². The van der Waals surface area contributed by atoms with E-state index in [1.54, 1.807) is 0 Å². The fraction of sp³-hybridized carbons (Fsp3) is 0.611. The quantitative estimate of drug-likeness (QED) is 0.819. The number of nitrogens with zero attached hydrogens (tertiary/aromatic N) is 1. The third-order valence-corrected chi connectivity index (χ3v) is 4.68. The maximum absolute atomic E-state index is 9.51. The number of hydrogen-bond donors (Lipinski definition) is 1. The first-order valence-corrected chi connectivity index (χ1v) is 8.12. The van der Waals surface area contributed by atoms with Crippen LogP contribution in [0.25, 0.3) is 0 Å². The van der Waals surface area contributed by atoms with Crippen LogP contribution in [0.5, 0.6) is 0 Å². The van der Waals surface area contributed by atoms with Crippen LogP contribution in [0.4, 0.5) is 0 Å². The molecule has 1 N–H and O–H groups in total. The second-order valence-electron chi connectivity index (χ2n) is 6.36. The van der Waals surface area contributed by atoms with E-state index in [1.165, 1.54) is 56.9 Å². The summed E-state index contributed by atoms with van der Waals surface area (Å²) < 4.78 is 0. The highest BCUT2D eigenvalue weighted by Gasteiger charge is 2.25. The summed E-state index contributed by atoms with van der Waals surface area (Å²) >= 11 is 0. The molecule has 3 rings (SSSR count). The van der Waals surface area contributed by atoms with Crippen molar-refractivity contribution in [2.45, 2.75) is 69.4 Å². The molecule has 0 aromatic heterocycles. The van der Waals surface area contributed by atoms with E-state index >= 15 is 0 Å². The van der Waals surface area contributed by atoms with Crippen molar-refractivity contribution < 1.29 is 0 Å². The van der Waals surface area contributed by atoms with Crippen LogP contribution in [0.15, 0.2) is 24.3 Å². The summed E-state index contributed by atoms with van der Waals surface area (Å²) in [5.74, 6) is 0.757. The molecule has 0 amide bonds. The standard InChI is InChI=1S/C18H24N2/c19-13-18(20-17-8-3-1-2-4-9-17)16-7-5-6-15(12-16)14-10-11-14/h5-7,12,14,17-18,20H,1-4,8-11H2. The predicted octanol–water partition coefficient (Wildman–Crippen LogP) is 4.44. The molecular weight excluding hydrogens is 244 g/mol. The van der Waals surface area contributed by atoms with Gasteiger partial charge in [0.15, 0.2) is 0 Å². The highest BCUT2D eigenvalue weighted by molar-refractivity contribution is 5.33. The van der Waals surface area contributed by atoms with Gasteiger partial charge < -0.3 is 0 Å². The van der Waals surface area contributed by atoms with Gasteiger partial charge in [0.25, 0.3) is 0 Å². The molecule has 1 aromatic carbocycles. The predicted molar refractivity (Wildman–Crippen MR) is 81.4 cm³/mol. The summed E-state index contributed by atoms with van der Waals surface area (Å²) in [6.45, 7) is 0. The Labute approximate surface area is 122 Å². The van der Waals surface area contributed by atoms with E-state index in [9.17, 15) is 5.26 Å². The molecule has 2 heteroatoms. The fourth-order valence-corrected chi connectivity index (χ4v) is 3.30. The first-order valence-electron chi connectivity index (χ1n) is 8.12. The zero-order chi connectivity index (χ0) is 13.8. The zero-order valence-electron chi connectivity index (χ0n) is 12.1. The molecule has 1 aromatic rings. The number of rotatable bonds is 4. The highest BCUT2D eigenvalue weighted by atomic mass is 14.9. The molecule has 2 saturated carbocycles. The summed E-state index contributed by atoms with van der Waals surface area (Å²) in [5, 5.41) is 13.1. The Morgan fingerprint density at radius 3 is 2.45 bits per heavy atom. The van der Waals surface area contributed by atoms with E-state index in [2.05, 4.69) is 35.7 Å². The van der Waals surface area contributed by atoms with Crippen LogP contribution in [-0.4, -0.2) is 6.04 Å². The topological polar surface area (TPSA) is 35.8 Å². The van der Waals surface area contributed by atoms with E-state index in [4.69, 9.17) is 0 Å². The van der Waals surface area contributed by atoms with Crippen LogP contribution in [0, 0.1) is 11.3 Å². The molecule has 0 aliphatic heterocycles. The fourth-order valence-electron chi connectivity index (χ4n) is 3.30. The average Bonchev–Trinajstić information content (AvgIpc) is 3.32. The van der Waals surface area contributed by atoms with Crippen molar-refractivity contribution in [2.75, 3.05) is 0 Å². The van der Waals surface area contributed by atoms with Gasteiger partial charge in [-0.25, -0.2) is 0 Å². The molecule has 0 radical (unpaired) electrons. The maximum atomic E-state index is 9.51. The lowest BCUT2D eigenvalue weighted by Crippen LogP contribution is -2.31. The summed E-state index contributed by atoms with van der Waals surface area (Å²) in [6.07, 6.45) is 10.4. The second-order valence-corrected chi connectivity index (χ2v) is 6.36. The molecule has 1 unspecified atom stereocenters. The molecule has 0 spiro atoms. The van der Waals surface area contributed by atoms with Gasteiger partial charge in [0.2, 0.25) is 0 Å². The SMILES string of the molecule is N#CC(NC1CCCCCC1)c1cccc(C2CC2)c1. The normalized spacial score (nSPS) is 21.9. The van der Waals surface area contributed by atoms with E-state index < -0.39 is 0 Å².